The van der Waals surface area contributed by atoms with Crippen molar-refractivity contribution in [3.8, 4) is 5.75 Å². The highest BCUT2D eigenvalue weighted by Crippen LogP contribution is 2.40. The van der Waals surface area contributed by atoms with E-state index < -0.39 is 17.7 Å². The van der Waals surface area contributed by atoms with Gasteiger partial charge in [0.2, 0.25) is 0 Å². The third-order valence-corrected chi connectivity index (χ3v) is 6.70. The zero-order chi connectivity index (χ0) is 24.9. The van der Waals surface area contributed by atoms with E-state index >= 15 is 0 Å². The molecular weight excluding hydrogens is 468 g/mol. The minimum atomic E-state index is -0.691. The molecule has 2 aliphatic heterocycles. The minimum absolute atomic E-state index is 0.0901. The second-order valence-corrected chi connectivity index (χ2v) is 9.20. The molecule has 0 bridgehead atoms. The summed E-state index contributed by atoms with van der Waals surface area (Å²) in [5.41, 5.74) is 2.12. The number of aliphatic hydroxyl groups is 1. The van der Waals surface area contributed by atoms with Crippen LogP contribution in [0.3, 0.4) is 0 Å². The maximum Gasteiger partial charge on any atom is 0.295 e. The quantitative estimate of drug-likeness (QED) is 0.334. The molecule has 2 aromatic rings. The summed E-state index contributed by atoms with van der Waals surface area (Å²) in [4.78, 5) is 30.2. The lowest BCUT2D eigenvalue weighted by molar-refractivity contribution is -0.140. The Kier molecular flexibility index (Phi) is 8.11. The van der Waals surface area contributed by atoms with E-state index in [4.69, 9.17) is 21.1 Å². The van der Waals surface area contributed by atoms with Crippen LogP contribution in [0.25, 0.3) is 5.76 Å². The lowest BCUT2D eigenvalue weighted by Crippen LogP contribution is -2.38. The number of amides is 1. The number of morpholine rings is 1. The Balaban J connectivity index is 1.67. The van der Waals surface area contributed by atoms with Gasteiger partial charge in [-0.1, -0.05) is 23.7 Å². The first kappa shape index (κ1) is 25.2. The van der Waals surface area contributed by atoms with E-state index in [1.54, 1.807) is 47.4 Å². The number of nitrogens with zero attached hydrogens (tertiary/aromatic N) is 2. The van der Waals surface area contributed by atoms with Gasteiger partial charge in [-0.25, -0.2) is 0 Å². The van der Waals surface area contributed by atoms with Gasteiger partial charge in [-0.05, 0) is 61.7 Å². The van der Waals surface area contributed by atoms with Gasteiger partial charge in [0.15, 0.2) is 0 Å². The van der Waals surface area contributed by atoms with Crippen molar-refractivity contribution in [1.29, 1.82) is 0 Å². The number of ether oxygens (including phenoxy) is 2. The molecule has 0 saturated carbocycles. The summed E-state index contributed by atoms with van der Waals surface area (Å²) in [7, 11) is 0. The standard InChI is InChI=1S/C27H31ClN2O5/c1-3-35-22-10-7-20(17-18(22)2)25(31)23-24(19-5-8-21(28)9-6-19)30(27(33)26(23)32)12-4-11-29-13-15-34-16-14-29/h5-10,17,24,31H,3-4,11-16H2,1-2H3/t24-/m1/s1. The van der Waals surface area contributed by atoms with Crippen LogP contribution in [-0.4, -0.2) is 72.6 Å². The fourth-order valence-electron chi connectivity index (χ4n) is 4.66. The molecule has 7 nitrogen and oxygen atoms in total. The van der Waals surface area contributed by atoms with Crippen LogP contribution in [0.4, 0.5) is 0 Å². The average molecular weight is 499 g/mol. The van der Waals surface area contributed by atoms with Gasteiger partial charge < -0.3 is 19.5 Å². The van der Waals surface area contributed by atoms with Crippen molar-refractivity contribution < 1.29 is 24.2 Å². The molecule has 4 rings (SSSR count). The highest BCUT2D eigenvalue weighted by Gasteiger charge is 2.45. The van der Waals surface area contributed by atoms with Crippen molar-refractivity contribution in [2.24, 2.45) is 0 Å². The Labute approximate surface area is 210 Å². The number of ketones is 1. The highest BCUT2D eigenvalue weighted by atomic mass is 35.5. The summed E-state index contributed by atoms with van der Waals surface area (Å²) in [6.45, 7) is 8.63. The van der Waals surface area contributed by atoms with Crippen LogP contribution >= 0.6 is 11.6 Å². The van der Waals surface area contributed by atoms with Crippen molar-refractivity contribution in [3.63, 3.8) is 0 Å². The number of aryl methyl sites for hydroxylation is 1. The van der Waals surface area contributed by atoms with E-state index in [0.29, 0.717) is 49.1 Å². The summed E-state index contributed by atoms with van der Waals surface area (Å²) >= 11 is 6.10. The Morgan fingerprint density at radius 3 is 2.49 bits per heavy atom. The number of carbonyl (C=O) groups is 2. The number of likely N-dealkylation sites (tertiary alicyclic amines) is 1. The second kappa shape index (κ2) is 11.2. The number of Topliss-reactive ketones (excluding diaryl/α,β-unsaturated/α-hetero) is 1. The number of benzene rings is 2. The first-order chi connectivity index (χ1) is 16.9. The van der Waals surface area contributed by atoms with Crippen molar-refractivity contribution in [3.05, 3.63) is 69.8 Å². The number of rotatable bonds is 8. The molecule has 2 heterocycles. The van der Waals surface area contributed by atoms with Gasteiger partial charge in [-0.15, -0.1) is 0 Å². The maximum atomic E-state index is 13.2. The predicted molar refractivity (Wildman–Crippen MR) is 135 cm³/mol. The fourth-order valence-corrected chi connectivity index (χ4v) is 4.79. The first-order valence-corrected chi connectivity index (χ1v) is 12.4. The molecule has 2 fully saturated rings. The number of hydrogen-bond donors (Lipinski definition) is 1. The van der Waals surface area contributed by atoms with Gasteiger partial charge in [-0.3, -0.25) is 14.5 Å². The highest BCUT2D eigenvalue weighted by molar-refractivity contribution is 6.46. The molecule has 0 unspecified atom stereocenters. The van der Waals surface area contributed by atoms with E-state index in [9.17, 15) is 14.7 Å². The van der Waals surface area contributed by atoms with Crippen LogP contribution in [0.1, 0.15) is 36.1 Å². The molecule has 2 saturated heterocycles. The Morgan fingerprint density at radius 1 is 1.11 bits per heavy atom. The van der Waals surface area contributed by atoms with Crippen LogP contribution in [0.2, 0.25) is 5.02 Å². The van der Waals surface area contributed by atoms with Gasteiger partial charge in [0.05, 0.1) is 31.4 Å². The summed E-state index contributed by atoms with van der Waals surface area (Å²) in [6, 6.07) is 11.6. The molecule has 1 amide bonds. The zero-order valence-electron chi connectivity index (χ0n) is 20.1. The van der Waals surface area contributed by atoms with E-state index in [1.165, 1.54) is 0 Å². The Hall–Kier alpha value is -2.87. The molecule has 2 aliphatic rings. The van der Waals surface area contributed by atoms with Gasteiger partial charge in [0.1, 0.15) is 11.5 Å². The molecule has 186 valence electrons. The number of halogens is 1. The van der Waals surface area contributed by atoms with Crippen LogP contribution in [0.5, 0.6) is 5.75 Å². The van der Waals surface area contributed by atoms with Crippen LogP contribution in [0.15, 0.2) is 48.0 Å². The number of hydrogen-bond acceptors (Lipinski definition) is 6. The topological polar surface area (TPSA) is 79.3 Å². The Morgan fingerprint density at radius 2 is 1.83 bits per heavy atom. The van der Waals surface area contributed by atoms with Crippen LogP contribution < -0.4 is 4.74 Å². The molecular formula is C27H31ClN2O5. The molecule has 1 N–H and O–H groups in total. The van der Waals surface area contributed by atoms with Gasteiger partial charge in [0, 0.05) is 36.8 Å². The average Bonchev–Trinajstić information content (AvgIpc) is 3.11. The molecule has 1 atom stereocenters. The largest absolute Gasteiger partial charge is 0.507 e. The van der Waals surface area contributed by atoms with Gasteiger partial charge >= 0.3 is 0 Å². The van der Waals surface area contributed by atoms with Gasteiger partial charge in [0.25, 0.3) is 11.7 Å². The summed E-state index contributed by atoms with van der Waals surface area (Å²) in [5.74, 6) is -0.761. The van der Waals surface area contributed by atoms with E-state index in [2.05, 4.69) is 4.90 Å². The third kappa shape index (κ3) is 5.53. The fraction of sp³-hybridized carbons (Fsp3) is 0.407. The van der Waals surface area contributed by atoms with Crippen molar-refractivity contribution >= 4 is 29.1 Å². The van der Waals surface area contributed by atoms with Crippen molar-refractivity contribution in [2.45, 2.75) is 26.3 Å². The normalized spacial score (nSPS) is 20.4. The first-order valence-electron chi connectivity index (χ1n) is 12.0. The molecule has 0 spiro atoms. The molecule has 35 heavy (non-hydrogen) atoms. The van der Waals surface area contributed by atoms with E-state index in [1.807, 2.05) is 13.8 Å². The summed E-state index contributed by atoms with van der Waals surface area (Å²) in [6.07, 6.45) is 0.708. The molecule has 8 heteroatoms. The molecule has 0 aliphatic carbocycles. The monoisotopic (exact) mass is 498 g/mol. The maximum absolute atomic E-state index is 13.2. The molecule has 2 aromatic carbocycles. The second-order valence-electron chi connectivity index (χ2n) is 8.76. The lowest BCUT2D eigenvalue weighted by Gasteiger charge is -2.29. The molecule has 0 aromatic heterocycles. The minimum Gasteiger partial charge on any atom is -0.507 e. The lowest BCUT2D eigenvalue weighted by atomic mass is 9.94. The smallest absolute Gasteiger partial charge is 0.295 e. The summed E-state index contributed by atoms with van der Waals surface area (Å²) < 4.78 is 11.0. The van der Waals surface area contributed by atoms with Crippen molar-refractivity contribution in [1.82, 2.24) is 9.80 Å². The SMILES string of the molecule is CCOc1ccc(C(O)=C2C(=O)C(=O)N(CCCN3CCOCC3)[C@@H]2c2ccc(Cl)cc2)cc1C. The number of carbonyl (C=O) groups excluding carboxylic acids is 2. The van der Waals surface area contributed by atoms with Gasteiger partial charge in [-0.2, -0.15) is 0 Å². The van der Waals surface area contributed by atoms with E-state index in [0.717, 1.165) is 30.8 Å². The Bertz CT molecular complexity index is 1110. The zero-order valence-corrected chi connectivity index (χ0v) is 20.9. The summed E-state index contributed by atoms with van der Waals surface area (Å²) in [5, 5.41) is 11.8. The number of aliphatic hydroxyl groups excluding tert-OH is 1. The predicted octanol–water partition coefficient (Wildman–Crippen LogP) is 4.19. The van der Waals surface area contributed by atoms with Crippen molar-refractivity contribution in [2.75, 3.05) is 46.0 Å². The molecule has 0 radical (unpaired) electrons. The van der Waals surface area contributed by atoms with Crippen LogP contribution in [0, 0.1) is 6.92 Å². The van der Waals surface area contributed by atoms with E-state index in [-0.39, 0.29) is 11.3 Å². The third-order valence-electron chi connectivity index (χ3n) is 6.45. The van der Waals surface area contributed by atoms with Crippen LogP contribution in [-0.2, 0) is 14.3 Å².